The summed E-state index contributed by atoms with van der Waals surface area (Å²) in [5, 5.41) is 3.70. The van der Waals surface area contributed by atoms with Crippen LogP contribution in [0.25, 0.3) is 0 Å². The fourth-order valence-corrected chi connectivity index (χ4v) is 1.16. The van der Waals surface area contributed by atoms with Crippen molar-refractivity contribution in [1.82, 2.24) is 0 Å². The van der Waals surface area contributed by atoms with Crippen molar-refractivity contribution < 1.29 is 14.3 Å². The Hall–Kier alpha value is -2.17. The van der Waals surface area contributed by atoms with Crippen LogP contribution < -0.4 is 5.43 Å². The zero-order valence-corrected chi connectivity index (χ0v) is 9.77. The molecule has 0 unspecified atom stereocenters. The lowest BCUT2D eigenvalue weighted by atomic mass is 10.2. The molecule has 5 heteroatoms. The molecule has 1 aromatic rings. The number of carbonyl (C=O) groups excluding carboxylic acids is 2. The van der Waals surface area contributed by atoms with Gasteiger partial charge in [-0.25, -0.2) is 4.79 Å². The maximum atomic E-state index is 11.2. The number of hydrogen-bond donors (Lipinski definition) is 1. The van der Waals surface area contributed by atoms with Crippen molar-refractivity contribution in [2.24, 2.45) is 5.10 Å². The molecule has 1 N–H and O–H groups in total. The summed E-state index contributed by atoms with van der Waals surface area (Å²) in [5.41, 5.74) is 4.10. The number of esters is 1. The molecule has 0 bridgehead atoms. The predicted molar refractivity (Wildman–Crippen MR) is 64.9 cm³/mol. The predicted octanol–water partition coefficient (Wildman–Crippen LogP) is 1.52. The van der Waals surface area contributed by atoms with E-state index in [1.54, 1.807) is 13.0 Å². The summed E-state index contributed by atoms with van der Waals surface area (Å²) in [6.45, 7) is 3.80. The molecule has 0 fully saturated rings. The first kappa shape index (κ1) is 12.9. The highest BCUT2D eigenvalue weighted by Crippen LogP contribution is 2.09. The molecular formula is C12H14N2O3. The summed E-state index contributed by atoms with van der Waals surface area (Å²) in [4.78, 5) is 21.9. The Morgan fingerprint density at radius 3 is 2.88 bits per heavy atom. The standard InChI is InChI=1S/C12H14N2O3/c1-3-17-12(16)11(8-15)14-13-10-6-4-5-9(2)7-10/h4-8,13H,3H2,1-2H3/b14-11+. The van der Waals surface area contributed by atoms with Crippen LogP contribution >= 0.6 is 0 Å². The fourth-order valence-electron chi connectivity index (χ4n) is 1.16. The van der Waals surface area contributed by atoms with E-state index in [0.717, 1.165) is 5.56 Å². The number of nitrogens with zero attached hydrogens (tertiary/aromatic N) is 1. The number of rotatable bonds is 5. The molecule has 0 spiro atoms. The van der Waals surface area contributed by atoms with Crippen molar-refractivity contribution in [2.75, 3.05) is 12.0 Å². The van der Waals surface area contributed by atoms with E-state index in [0.29, 0.717) is 12.0 Å². The van der Waals surface area contributed by atoms with Crippen molar-refractivity contribution in [3.63, 3.8) is 0 Å². The van der Waals surface area contributed by atoms with Gasteiger partial charge in [0.2, 0.25) is 5.71 Å². The normalized spacial score (nSPS) is 10.8. The van der Waals surface area contributed by atoms with Crippen LogP contribution in [-0.4, -0.2) is 24.6 Å². The number of hydrazone groups is 1. The van der Waals surface area contributed by atoms with E-state index >= 15 is 0 Å². The number of hydrogen-bond acceptors (Lipinski definition) is 5. The molecule has 0 aliphatic heterocycles. The molecule has 0 aromatic heterocycles. The van der Waals surface area contributed by atoms with Crippen molar-refractivity contribution in [3.8, 4) is 0 Å². The van der Waals surface area contributed by atoms with Gasteiger partial charge in [0.15, 0.2) is 6.29 Å². The Bertz CT molecular complexity index is 441. The Kier molecular flexibility index (Phi) is 4.87. The molecule has 0 amide bonds. The molecule has 0 radical (unpaired) electrons. The summed E-state index contributed by atoms with van der Waals surface area (Å²) in [5.74, 6) is -0.734. The first-order chi connectivity index (χ1) is 8.17. The van der Waals surface area contributed by atoms with Crippen LogP contribution in [0.4, 0.5) is 5.69 Å². The largest absolute Gasteiger partial charge is 0.461 e. The second-order valence-corrected chi connectivity index (χ2v) is 3.32. The summed E-state index contributed by atoms with van der Waals surface area (Å²) in [7, 11) is 0. The van der Waals surface area contributed by atoms with E-state index in [1.807, 2.05) is 25.1 Å². The first-order valence-corrected chi connectivity index (χ1v) is 5.20. The topological polar surface area (TPSA) is 67.8 Å². The second-order valence-electron chi connectivity index (χ2n) is 3.32. The van der Waals surface area contributed by atoms with Crippen LogP contribution in [0.1, 0.15) is 12.5 Å². The van der Waals surface area contributed by atoms with E-state index in [9.17, 15) is 9.59 Å². The minimum absolute atomic E-state index is 0.205. The van der Waals surface area contributed by atoms with Crippen molar-refractivity contribution in [3.05, 3.63) is 29.8 Å². The molecule has 1 aromatic carbocycles. The lowest BCUT2D eigenvalue weighted by Crippen LogP contribution is -2.20. The summed E-state index contributed by atoms with van der Waals surface area (Å²) in [6.07, 6.45) is 0.362. The second kappa shape index (κ2) is 6.42. The Balaban J connectivity index is 2.74. The maximum Gasteiger partial charge on any atom is 0.362 e. The van der Waals surface area contributed by atoms with Gasteiger partial charge in [-0.3, -0.25) is 10.2 Å². The monoisotopic (exact) mass is 234 g/mol. The SMILES string of the molecule is CCOC(=O)/C(C=O)=N/Nc1cccc(C)c1. The maximum absolute atomic E-state index is 11.2. The van der Waals surface area contributed by atoms with Crippen LogP contribution in [0.3, 0.4) is 0 Å². The first-order valence-electron chi connectivity index (χ1n) is 5.20. The van der Waals surface area contributed by atoms with Gasteiger partial charge in [-0.15, -0.1) is 0 Å². The fraction of sp³-hybridized carbons (Fsp3) is 0.250. The molecule has 0 aliphatic carbocycles. The molecule has 0 saturated heterocycles. The third kappa shape index (κ3) is 4.06. The highest BCUT2D eigenvalue weighted by Gasteiger charge is 2.11. The third-order valence-corrected chi connectivity index (χ3v) is 1.92. The van der Waals surface area contributed by atoms with Gasteiger partial charge in [0, 0.05) is 0 Å². The van der Waals surface area contributed by atoms with Gasteiger partial charge in [-0.2, -0.15) is 5.10 Å². The zero-order valence-electron chi connectivity index (χ0n) is 9.77. The van der Waals surface area contributed by atoms with Crippen LogP contribution in [0, 0.1) is 6.92 Å². The number of aryl methyl sites for hydroxylation is 1. The van der Waals surface area contributed by atoms with E-state index in [2.05, 4.69) is 15.3 Å². The van der Waals surface area contributed by atoms with Crippen molar-refractivity contribution in [2.45, 2.75) is 13.8 Å². The van der Waals surface area contributed by atoms with Crippen molar-refractivity contribution in [1.29, 1.82) is 0 Å². The average Bonchev–Trinajstić information content (AvgIpc) is 2.30. The summed E-state index contributed by atoms with van der Waals surface area (Å²) in [6, 6.07) is 7.40. The highest BCUT2D eigenvalue weighted by atomic mass is 16.5. The number of anilines is 1. The number of aldehydes is 1. The highest BCUT2D eigenvalue weighted by molar-refractivity contribution is 6.58. The Labute approximate surface area is 99.5 Å². The van der Waals surface area contributed by atoms with Gasteiger partial charge in [0.05, 0.1) is 12.3 Å². The number of nitrogens with one attached hydrogen (secondary N) is 1. The van der Waals surface area contributed by atoms with Gasteiger partial charge >= 0.3 is 5.97 Å². The van der Waals surface area contributed by atoms with Crippen LogP contribution in [0.2, 0.25) is 0 Å². The average molecular weight is 234 g/mol. The lowest BCUT2D eigenvalue weighted by molar-refractivity contribution is -0.135. The van der Waals surface area contributed by atoms with Gasteiger partial charge in [-0.05, 0) is 31.5 Å². The molecule has 1 rings (SSSR count). The quantitative estimate of drug-likeness (QED) is 0.276. The van der Waals surface area contributed by atoms with Gasteiger partial charge in [0.25, 0.3) is 0 Å². The molecule has 0 atom stereocenters. The molecule has 17 heavy (non-hydrogen) atoms. The molecule has 0 heterocycles. The van der Waals surface area contributed by atoms with E-state index in [-0.39, 0.29) is 12.3 Å². The number of ether oxygens (including phenoxy) is 1. The molecule has 90 valence electrons. The molecule has 5 nitrogen and oxygen atoms in total. The minimum Gasteiger partial charge on any atom is -0.461 e. The number of carbonyl (C=O) groups is 2. The molecule has 0 saturated carbocycles. The van der Waals surface area contributed by atoms with E-state index in [1.165, 1.54) is 0 Å². The van der Waals surface area contributed by atoms with Crippen LogP contribution in [-0.2, 0) is 14.3 Å². The molecule has 0 aliphatic rings. The summed E-state index contributed by atoms with van der Waals surface area (Å²) < 4.78 is 4.67. The van der Waals surface area contributed by atoms with E-state index < -0.39 is 5.97 Å². The zero-order chi connectivity index (χ0) is 12.7. The van der Waals surface area contributed by atoms with Crippen LogP contribution in [0.15, 0.2) is 29.4 Å². The van der Waals surface area contributed by atoms with Crippen LogP contribution in [0.5, 0.6) is 0 Å². The Morgan fingerprint density at radius 2 is 2.29 bits per heavy atom. The van der Waals surface area contributed by atoms with E-state index in [4.69, 9.17) is 0 Å². The van der Waals surface area contributed by atoms with Gasteiger partial charge in [-0.1, -0.05) is 12.1 Å². The van der Waals surface area contributed by atoms with Crippen molar-refractivity contribution >= 4 is 23.7 Å². The third-order valence-electron chi connectivity index (χ3n) is 1.92. The minimum atomic E-state index is -0.734. The van der Waals surface area contributed by atoms with Gasteiger partial charge in [0.1, 0.15) is 0 Å². The smallest absolute Gasteiger partial charge is 0.362 e. The molecular weight excluding hydrogens is 220 g/mol. The number of benzene rings is 1. The van der Waals surface area contributed by atoms with Gasteiger partial charge < -0.3 is 4.74 Å². The summed E-state index contributed by atoms with van der Waals surface area (Å²) >= 11 is 0. The lowest BCUT2D eigenvalue weighted by Gasteiger charge is -2.03. The Morgan fingerprint density at radius 1 is 1.53 bits per heavy atom.